The molecule has 20 heavy (non-hydrogen) atoms. The van der Waals surface area contributed by atoms with Gasteiger partial charge in [0.15, 0.2) is 0 Å². The van der Waals surface area contributed by atoms with Gasteiger partial charge in [0, 0.05) is 0 Å². The van der Waals surface area contributed by atoms with Crippen molar-refractivity contribution in [3.8, 4) is 0 Å². The lowest BCUT2D eigenvalue weighted by atomic mass is 9.99. The monoisotopic (exact) mass is 277 g/mol. The van der Waals surface area contributed by atoms with Crippen LogP contribution in [0.3, 0.4) is 0 Å². The summed E-state index contributed by atoms with van der Waals surface area (Å²) in [6.07, 6.45) is 1.30. The van der Waals surface area contributed by atoms with Crippen LogP contribution in [0.4, 0.5) is 4.79 Å². The predicted molar refractivity (Wildman–Crippen MR) is 79.4 cm³/mol. The first kappa shape index (κ1) is 16.2. The summed E-state index contributed by atoms with van der Waals surface area (Å²) in [5.74, 6) is 0. The molecule has 0 saturated heterocycles. The Morgan fingerprint density at radius 1 is 1.35 bits per heavy atom. The Kier molecular flexibility index (Phi) is 5.77. The van der Waals surface area contributed by atoms with Crippen molar-refractivity contribution in [3.63, 3.8) is 0 Å². The zero-order valence-corrected chi connectivity index (χ0v) is 12.5. The molecule has 1 aromatic rings. The van der Waals surface area contributed by atoms with Gasteiger partial charge >= 0.3 is 6.09 Å². The molecule has 0 unspecified atom stereocenters. The molecule has 0 aliphatic carbocycles. The number of ether oxygens (including phenoxy) is 1. The van der Waals surface area contributed by atoms with Crippen LogP contribution in [-0.2, 0) is 4.74 Å². The molecule has 1 amide bonds. The minimum absolute atomic E-state index is 0.119. The molecule has 110 valence electrons. The van der Waals surface area contributed by atoms with E-state index in [0.29, 0.717) is 0 Å². The summed E-state index contributed by atoms with van der Waals surface area (Å²) in [6, 6.07) is 9.11. The SMILES string of the molecule is C/C=C(/CO)[C@H](NC(=O)OC(C)(C)C)c1ccccc1. The summed E-state index contributed by atoms with van der Waals surface area (Å²) in [4.78, 5) is 11.9. The fourth-order valence-corrected chi connectivity index (χ4v) is 1.81. The van der Waals surface area contributed by atoms with Crippen LogP contribution in [0, 0.1) is 0 Å². The van der Waals surface area contributed by atoms with Crippen molar-refractivity contribution < 1.29 is 14.6 Å². The third-order valence-electron chi connectivity index (χ3n) is 2.72. The van der Waals surface area contributed by atoms with E-state index in [-0.39, 0.29) is 12.6 Å². The van der Waals surface area contributed by atoms with E-state index in [2.05, 4.69) is 5.32 Å². The predicted octanol–water partition coefficient (Wildman–Crippen LogP) is 3.19. The lowest BCUT2D eigenvalue weighted by molar-refractivity contribution is 0.0509. The average molecular weight is 277 g/mol. The molecule has 0 aliphatic heterocycles. The van der Waals surface area contributed by atoms with Crippen LogP contribution >= 0.6 is 0 Å². The molecule has 0 bridgehead atoms. The van der Waals surface area contributed by atoms with Crippen LogP contribution in [0.15, 0.2) is 42.0 Å². The highest BCUT2D eigenvalue weighted by atomic mass is 16.6. The second-order valence-electron chi connectivity index (χ2n) is 5.51. The molecule has 4 heteroatoms. The van der Waals surface area contributed by atoms with E-state index in [1.807, 2.05) is 58.0 Å². The van der Waals surface area contributed by atoms with Crippen LogP contribution in [-0.4, -0.2) is 23.4 Å². The van der Waals surface area contributed by atoms with E-state index < -0.39 is 11.7 Å². The molecule has 1 rings (SSSR count). The minimum atomic E-state index is -0.555. The van der Waals surface area contributed by atoms with Gasteiger partial charge in [-0.3, -0.25) is 0 Å². The summed E-state index contributed by atoms with van der Waals surface area (Å²) in [6.45, 7) is 7.15. The van der Waals surface area contributed by atoms with E-state index in [9.17, 15) is 9.90 Å². The molecule has 0 spiro atoms. The Morgan fingerprint density at radius 2 is 1.95 bits per heavy atom. The Hall–Kier alpha value is -1.81. The quantitative estimate of drug-likeness (QED) is 0.831. The van der Waals surface area contributed by atoms with Crippen LogP contribution in [0.1, 0.15) is 39.3 Å². The highest BCUT2D eigenvalue weighted by Gasteiger charge is 2.22. The number of hydrogen-bond acceptors (Lipinski definition) is 3. The number of aliphatic hydroxyl groups excluding tert-OH is 1. The fraction of sp³-hybridized carbons (Fsp3) is 0.438. The van der Waals surface area contributed by atoms with E-state index in [1.165, 1.54) is 0 Å². The van der Waals surface area contributed by atoms with Gasteiger partial charge in [0.1, 0.15) is 5.60 Å². The maximum absolute atomic E-state index is 11.9. The normalized spacial score (nSPS) is 13.8. The first-order valence-electron chi connectivity index (χ1n) is 6.67. The number of alkyl carbamates (subject to hydrolysis) is 1. The summed E-state index contributed by atoms with van der Waals surface area (Å²) in [5, 5.41) is 12.2. The highest BCUT2D eigenvalue weighted by molar-refractivity contribution is 5.69. The molecule has 0 heterocycles. The van der Waals surface area contributed by atoms with Gasteiger partial charge in [-0.1, -0.05) is 36.4 Å². The van der Waals surface area contributed by atoms with Crippen LogP contribution in [0.5, 0.6) is 0 Å². The Labute approximate surface area is 120 Å². The lowest BCUT2D eigenvalue weighted by Crippen LogP contribution is -2.36. The molecular weight excluding hydrogens is 254 g/mol. The van der Waals surface area contributed by atoms with Crippen molar-refractivity contribution in [2.45, 2.75) is 39.3 Å². The van der Waals surface area contributed by atoms with Gasteiger partial charge in [0.2, 0.25) is 0 Å². The largest absolute Gasteiger partial charge is 0.444 e. The molecule has 0 saturated carbocycles. The number of hydrogen-bond donors (Lipinski definition) is 2. The number of rotatable bonds is 4. The summed E-state index contributed by atoms with van der Waals surface area (Å²) >= 11 is 0. The Balaban J connectivity index is 2.93. The topological polar surface area (TPSA) is 58.6 Å². The van der Waals surface area contributed by atoms with Crippen LogP contribution in [0.25, 0.3) is 0 Å². The van der Waals surface area contributed by atoms with E-state index in [1.54, 1.807) is 6.08 Å². The van der Waals surface area contributed by atoms with E-state index in [4.69, 9.17) is 4.74 Å². The number of carbonyl (C=O) groups is 1. The van der Waals surface area contributed by atoms with E-state index >= 15 is 0 Å². The van der Waals surface area contributed by atoms with Crippen molar-refractivity contribution in [2.24, 2.45) is 0 Å². The van der Waals surface area contributed by atoms with E-state index in [0.717, 1.165) is 11.1 Å². The molecule has 0 aliphatic rings. The van der Waals surface area contributed by atoms with Gasteiger partial charge in [-0.15, -0.1) is 0 Å². The van der Waals surface area contributed by atoms with Gasteiger partial charge in [0.05, 0.1) is 12.6 Å². The Morgan fingerprint density at radius 3 is 2.40 bits per heavy atom. The van der Waals surface area contributed by atoms with Gasteiger partial charge in [-0.2, -0.15) is 0 Å². The molecule has 1 atom stereocenters. The minimum Gasteiger partial charge on any atom is -0.444 e. The molecular formula is C16H23NO3. The number of benzene rings is 1. The van der Waals surface area contributed by atoms with Crippen molar-refractivity contribution in [1.82, 2.24) is 5.32 Å². The second kappa shape index (κ2) is 7.10. The maximum Gasteiger partial charge on any atom is 0.408 e. The number of nitrogens with one attached hydrogen (secondary N) is 1. The lowest BCUT2D eigenvalue weighted by Gasteiger charge is -2.25. The summed E-state index contributed by atoms with van der Waals surface area (Å²) in [5.41, 5.74) is 1.07. The summed E-state index contributed by atoms with van der Waals surface area (Å²) < 4.78 is 5.27. The maximum atomic E-state index is 11.9. The van der Waals surface area contributed by atoms with Crippen LogP contribution < -0.4 is 5.32 Å². The first-order chi connectivity index (χ1) is 9.37. The van der Waals surface area contributed by atoms with Crippen molar-refractivity contribution >= 4 is 6.09 Å². The third-order valence-corrected chi connectivity index (χ3v) is 2.72. The van der Waals surface area contributed by atoms with Gasteiger partial charge in [-0.25, -0.2) is 4.79 Å². The van der Waals surface area contributed by atoms with Gasteiger partial charge < -0.3 is 15.2 Å². The number of amides is 1. The molecule has 4 nitrogen and oxygen atoms in total. The Bertz CT molecular complexity index is 460. The second-order valence-corrected chi connectivity index (χ2v) is 5.51. The van der Waals surface area contributed by atoms with Crippen molar-refractivity contribution in [3.05, 3.63) is 47.5 Å². The number of aliphatic hydroxyl groups is 1. The fourth-order valence-electron chi connectivity index (χ4n) is 1.81. The molecule has 2 N–H and O–H groups in total. The zero-order valence-electron chi connectivity index (χ0n) is 12.5. The van der Waals surface area contributed by atoms with Crippen LogP contribution in [0.2, 0.25) is 0 Å². The molecule has 0 radical (unpaired) electrons. The zero-order chi connectivity index (χ0) is 15.2. The smallest absolute Gasteiger partial charge is 0.408 e. The third kappa shape index (κ3) is 5.05. The summed E-state index contributed by atoms with van der Waals surface area (Å²) in [7, 11) is 0. The average Bonchev–Trinajstić information content (AvgIpc) is 2.38. The standard InChI is InChI=1S/C16H23NO3/c1-5-12(11-18)14(13-9-7-6-8-10-13)17-15(19)20-16(2,3)4/h5-10,14,18H,11H2,1-4H3,(H,17,19)/b12-5-/t14-/m0/s1. The molecule has 0 aromatic heterocycles. The van der Waals surface area contributed by atoms with Gasteiger partial charge in [-0.05, 0) is 38.8 Å². The van der Waals surface area contributed by atoms with Crippen molar-refractivity contribution in [2.75, 3.05) is 6.61 Å². The molecule has 1 aromatic carbocycles. The number of carbonyl (C=O) groups excluding carboxylic acids is 1. The first-order valence-corrected chi connectivity index (χ1v) is 6.67. The molecule has 0 fully saturated rings. The number of allylic oxidation sites excluding steroid dienone is 1. The van der Waals surface area contributed by atoms with Crippen molar-refractivity contribution in [1.29, 1.82) is 0 Å². The highest BCUT2D eigenvalue weighted by Crippen LogP contribution is 2.22. The van der Waals surface area contributed by atoms with Gasteiger partial charge in [0.25, 0.3) is 0 Å².